The number of quaternary nitrogens is 1. The summed E-state index contributed by atoms with van der Waals surface area (Å²) in [5.41, 5.74) is 2.67. The molecule has 0 aliphatic carbocycles. The molecule has 8 heteroatoms. The Morgan fingerprint density at radius 3 is 1.81 bits per heavy atom. The van der Waals surface area contributed by atoms with Gasteiger partial charge in [0, 0.05) is 9.79 Å². The number of benzene rings is 2. The van der Waals surface area contributed by atoms with Crippen molar-refractivity contribution in [2.45, 2.75) is 22.8 Å². The largest absolute Gasteiger partial charge is 0.726 e. The molecule has 0 saturated heterocycles. The van der Waals surface area contributed by atoms with Crippen molar-refractivity contribution >= 4 is 33.5 Å². The van der Waals surface area contributed by atoms with E-state index >= 15 is 0 Å². The molecule has 0 saturated carbocycles. The quantitative estimate of drug-likeness (QED) is 0.437. The summed E-state index contributed by atoms with van der Waals surface area (Å²) in [5.74, 6) is 0. The van der Waals surface area contributed by atoms with Crippen LogP contribution in [0.2, 0.25) is 0 Å². The zero-order valence-corrected chi connectivity index (χ0v) is 17.9. The third-order valence-corrected chi connectivity index (χ3v) is 6.04. The van der Waals surface area contributed by atoms with E-state index in [4.69, 9.17) is 0 Å². The Morgan fingerprint density at radius 2 is 1.44 bits per heavy atom. The van der Waals surface area contributed by atoms with Gasteiger partial charge in [-0.2, -0.15) is 0 Å². The predicted octanol–water partition coefficient (Wildman–Crippen LogP) is 3.48. The van der Waals surface area contributed by atoms with E-state index in [9.17, 15) is 13.0 Å². The summed E-state index contributed by atoms with van der Waals surface area (Å²) in [6, 6.07) is 18.0. The van der Waals surface area contributed by atoms with Crippen molar-refractivity contribution in [2.75, 3.05) is 39.7 Å². The standard InChI is InChI=1S/C18H23N2S.CH4O4S/c1-14(20(2,3)4)13-19-15-9-5-7-11-17(15)21-18-12-8-6-10-16(18)19;1-5-6(2,3)4/h5-12,14H,13H2,1-4H3;1H3,(H,2,3,4)/q+1;/p-1. The highest BCUT2D eigenvalue weighted by Gasteiger charge is 2.28. The van der Waals surface area contributed by atoms with Crippen LogP contribution in [0, 0.1) is 0 Å². The molecule has 0 bridgehead atoms. The highest BCUT2D eigenvalue weighted by Crippen LogP contribution is 2.47. The van der Waals surface area contributed by atoms with Gasteiger partial charge in [-0.3, -0.25) is 4.18 Å². The molecule has 0 spiro atoms. The van der Waals surface area contributed by atoms with E-state index in [1.165, 1.54) is 21.2 Å². The molecule has 0 amide bonds. The Labute approximate surface area is 166 Å². The molecule has 0 fully saturated rings. The summed E-state index contributed by atoms with van der Waals surface area (Å²) in [4.78, 5) is 5.18. The van der Waals surface area contributed by atoms with Gasteiger partial charge in [0.15, 0.2) is 0 Å². The fraction of sp³-hybridized carbons (Fsp3) is 0.368. The van der Waals surface area contributed by atoms with Crippen molar-refractivity contribution in [1.82, 2.24) is 0 Å². The lowest BCUT2D eigenvalue weighted by Gasteiger charge is -2.39. The van der Waals surface area contributed by atoms with Crippen LogP contribution in [0.15, 0.2) is 58.3 Å². The molecule has 1 atom stereocenters. The van der Waals surface area contributed by atoms with E-state index in [2.05, 4.69) is 85.7 Å². The Balaban J connectivity index is 0.000000380. The van der Waals surface area contributed by atoms with Gasteiger partial charge in [-0.05, 0) is 31.2 Å². The van der Waals surface area contributed by atoms with Gasteiger partial charge in [0.2, 0.25) is 10.4 Å². The number of fused-ring (bicyclic) bond motifs is 2. The predicted molar refractivity (Wildman–Crippen MR) is 108 cm³/mol. The average molecular weight is 411 g/mol. The molecule has 6 nitrogen and oxygen atoms in total. The lowest BCUT2D eigenvalue weighted by molar-refractivity contribution is -0.892. The number of likely N-dealkylation sites (N-methyl/N-ethyl adjacent to an activating group) is 1. The first-order valence-corrected chi connectivity index (χ1v) is 10.6. The van der Waals surface area contributed by atoms with Crippen molar-refractivity contribution in [2.24, 2.45) is 0 Å². The zero-order valence-electron chi connectivity index (χ0n) is 16.2. The molecule has 0 aromatic heterocycles. The highest BCUT2D eigenvalue weighted by molar-refractivity contribution is 7.99. The second-order valence-electron chi connectivity index (χ2n) is 7.19. The van der Waals surface area contributed by atoms with Crippen LogP contribution in [0.5, 0.6) is 0 Å². The fourth-order valence-electron chi connectivity index (χ4n) is 2.49. The first kappa shape index (κ1) is 21.7. The van der Waals surface area contributed by atoms with Crippen LogP contribution in [-0.2, 0) is 14.6 Å². The number of hydrogen-bond acceptors (Lipinski definition) is 6. The maximum atomic E-state index is 9.22. The number of anilines is 2. The van der Waals surface area contributed by atoms with Crippen molar-refractivity contribution in [3.63, 3.8) is 0 Å². The highest BCUT2D eigenvalue weighted by atomic mass is 32.3. The smallest absolute Gasteiger partial charge is 0.217 e. The third-order valence-electron chi connectivity index (χ3n) is 4.51. The Hall–Kier alpha value is -1.58. The van der Waals surface area contributed by atoms with E-state index in [-0.39, 0.29) is 0 Å². The minimum absolute atomic E-state index is 0.550. The molecule has 1 heterocycles. The average Bonchev–Trinajstić information content (AvgIpc) is 2.60. The van der Waals surface area contributed by atoms with Crippen LogP contribution < -0.4 is 4.90 Å². The minimum atomic E-state index is -4.41. The number of nitrogens with zero attached hydrogens (tertiary/aromatic N) is 2. The normalized spacial score (nSPS) is 14.5. The maximum absolute atomic E-state index is 9.22. The van der Waals surface area contributed by atoms with Crippen LogP contribution in [-0.4, -0.2) is 58.3 Å². The SMILES string of the molecule is CC(CN1c2ccccc2Sc2ccccc21)[N+](C)(C)C.COS(=O)(=O)[O-]. The summed E-state index contributed by atoms with van der Waals surface area (Å²) in [6.45, 7) is 3.35. The number of hydrogen-bond donors (Lipinski definition) is 0. The van der Waals surface area contributed by atoms with Gasteiger partial charge in [0.1, 0.15) is 6.04 Å². The van der Waals surface area contributed by atoms with Crippen molar-refractivity contribution < 1.29 is 21.6 Å². The molecular formula is C19H26N2O4S2. The Morgan fingerprint density at radius 1 is 1.04 bits per heavy atom. The first-order valence-electron chi connectivity index (χ1n) is 8.49. The van der Waals surface area contributed by atoms with Crippen molar-refractivity contribution in [3.05, 3.63) is 48.5 Å². The van der Waals surface area contributed by atoms with Gasteiger partial charge < -0.3 is 13.9 Å². The molecule has 27 heavy (non-hydrogen) atoms. The van der Waals surface area contributed by atoms with Gasteiger partial charge in [0.25, 0.3) is 0 Å². The van der Waals surface area contributed by atoms with E-state index in [1.54, 1.807) is 0 Å². The number of rotatable bonds is 4. The summed E-state index contributed by atoms with van der Waals surface area (Å²) < 4.78 is 32.0. The molecule has 1 aliphatic heterocycles. The molecule has 0 N–H and O–H groups in total. The van der Waals surface area contributed by atoms with E-state index < -0.39 is 10.4 Å². The van der Waals surface area contributed by atoms with Gasteiger partial charge >= 0.3 is 0 Å². The van der Waals surface area contributed by atoms with Crippen molar-refractivity contribution in [3.8, 4) is 0 Å². The summed E-state index contributed by atoms with van der Waals surface area (Å²) in [6.07, 6.45) is 0. The van der Waals surface area contributed by atoms with Gasteiger partial charge in [-0.15, -0.1) is 0 Å². The molecule has 1 unspecified atom stereocenters. The third kappa shape index (κ3) is 5.95. The lowest BCUT2D eigenvalue weighted by atomic mass is 10.1. The molecule has 1 aliphatic rings. The number of para-hydroxylation sites is 2. The Kier molecular flexibility index (Phi) is 6.93. The zero-order chi connectivity index (χ0) is 20.2. The monoisotopic (exact) mass is 410 g/mol. The summed E-state index contributed by atoms with van der Waals surface area (Å²) in [5, 5.41) is 0. The molecule has 148 valence electrons. The second-order valence-corrected chi connectivity index (χ2v) is 9.42. The molecule has 2 aromatic carbocycles. The van der Waals surface area contributed by atoms with Crippen LogP contribution in [0.25, 0.3) is 0 Å². The molecular weight excluding hydrogens is 384 g/mol. The molecule has 3 rings (SSSR count). The second kappa shape index (κ2) is 8.62. The topological polar surface area (TPSA) is 69.7 Å². The summed E-state index contributed by atoms with van der Waals surface area (Å²) in [7, 11) is 3.19. The maximum Gasteiger partial charge on any atom is 0.217 e. The van der Waals surface area contributed by atoms with Crippen molar-refractivity contribution in [1.29, 1.82) is 0 Å². The van der Waals surface area contributed by atoms with Gasteiger partial charge in [0.05, 0.1) is 46.2 Å². The Bertz CT molecular complexity index is 834. The minimum Gasteiger partial charge on any atom is -0.726 e. The van der Waals surface area contributed by atoms with Crippen LogP contribution in [0.3, 0.4) is 0 Å². The fourth-order valence-corrected chi connectivity index (χ4v) is 3.58. The lowest BCUT2D eigenvalue weighted by Crippen LogP contribution is -2.49. The van der Waals surface area contributed by atoms with E-state index in [0.29, 0.717) is 6.04 Å². The first-order chi connectivity index (χ1) is 12.5. The van der Waals surface area contributed by atoms with E-state index in [1.807, 2.05) is 11.8 Å². The summed E-state index contributed by atoms with van der Waals surface area (Å²) >= 11 is 1.87. The molecule has 2 aromatic rings. The van der Waals surface area contributed by atoms with Crippen LogP contribution in [0.1, 0.15) is 6.92 Å². The molecule has 0 radical (unpaired) electrons. The van der Waals surface area contributed by atoms with Gasteiger partial charge in [-0.1, -0.05) is 36.0 Å². The van der Waals surface area contributed by atoms with E-state index in [0.717, 1.165) is 18.1 Å². The van der Waals surface area contributed by atoms with Gasteiger partial charge in [-0.25, -0.2) is 8.42 Å². The van der Waals surface area contributed by atoms with Crippen LogP contribution >= 0.6 is 11.8 Å². The van der Waals surface area contributed by atoms with Crippen LogP contribution in [0.4, 0.5) is 11.4 Å².